The summed E-state index contributed by atoms with van der Waals surface area (Å²) in [5.74, 6) is 2.34. The van der Waals surface area contributed by atoms with Crippen LogP contribution in [0.25, 0.3) is 11.5 Å². The van der Waals surface area contributed by atoms with Crippen molar-refractivity contribution in [2.45, 2.75) is 51.4 Å². The molecule has 0 aliphatic rings. The van der Waals surface area contributed by atoms with Gasteiger partial charge in [-0.05, 0) is 56.5 Å². The smallest absolute Gasteiger partial charge is 0.226 e. The number of benzene rings is 2. The van der Waals surface area contributed by atoms with Crippen molar-refractivity contribution >= 4 is 12.6 Å². The Hall–Kier alpha value is -2.24. The highest BCUT2D eigenvalue weighted by atomic mass is 32.1. The highest BCUT2D eigenvalue weighted by molar-refractivity contribution is 7.80. The maximum absolute atomic E-state index is 5.94. The maximum Gasteiger partial charge on any atom is 0.226 e. The van der Waals surface area contributed by atoms with E-state index in [0.29, 0.717) is 30.8 Å². The Balaban J connectivity index is 1.56. The fraction of sp³-hybridized carbons (Fsp3) is 0.400. The lowest BCUT2D eigenvalue weighted by molar-refractivity contribution is 0.0558. The van der Waals surface area contributed by atoms with Crippen LogP contribution in [0.5, 0.6) is 5.75 Å². The lowest BCUT2D eigenvalue weighted by Crippen LogP contribution is -2.10. The van der Waals surface area contributed by atoms with Crippen molar-refractivity contribution in [1.29, 1.82) is 0 Å². The normalized spacial score (nSPS) is 13.2. The van der Waals surface area contributed by atoms with Crippen LogP contribution in [-0.2, 0) is 11.2 Å². The van der Waals surface area contributed by atoms with Crippen LogP contribution >= 0.6 is 12.6 Å². The van der Waals surface area contributed by atoms with Crippen LogP contribution < -0.4 is 4.74 Å². The van der Waals surface area contributed by atoms with Crippen LogP contribution in [0.2, 0.25) is 0 Å². The van der Waals surface area contributed by atoms with Crippen molar-refractivity contribution in [3.8, 4) is 17.2 Å². The minimum Gasteiger partial charge on any atom is -0.493 e. The van der Waals surface area contributed by atoms with Gasteiger partial charge in [-0.3, -0.25) is 0 Å². The lowest BCUT2D eigenvalue weighted by atomic mass is 10.0. The molecular weight excluding hydrogens is 394 g/mol. The van der Waals surface area contributed by atoms with Gasteiger partial charge in [-0.25, -0.2) is 4.98 Å². The van der Waals surface area contributed by atoms with Crippen LogP contribution in [0.3, 0.4) is 0 Å². The van der Waals surface area contributed by atoms with Gasteiger partial charge in [0.25, 0.3) is 0 Å². The van der Waals surface area contributed by atoms with Crippen molar-refractivity contribution in [1.82, 2.24) is 4.98 Å². The Morgan fingerprint density at radius 3 is 2.43 bits per heavy atom. The van der Waals surface area contributed by atoms with Crippen LogP contribution in [0.15, 0.2) is 59.0 Å². The molecule has 5 heteroatoms. The quantitative estimate of drug-likeness (QED) is 0.359. The number of hydrogen-bond acceptors (Lipinski definition) is 5. The number of ether oxygens (including phenoxy) is 2. The third kappa shape index (κ3) is 6.13. The van der Waals surface area contributed by atoms with Gasteiger partial charge in [0.05, 0.1) is 18.4 Å². The van der Waals surface area contributed by atoms with E-state index >= 15 is 0 Å². The zero-order valence-electron chi connectivity index (χ0n) is 18.0. The molecule has 0 radical (unpaired) electrons. The average molecular weight is 426 g/mol. The molecule has 2 aromatic carbocycles. The van der Waals surface area contributed by atoms with Crippen molar-refractivity contribution in [3.63, 3.8) is 0 Å². The molecule has 3 rings (SSSR count). The molecule has 30 heavy (non-hydrogen) atoms. The number of aryl methyl sites for hydroxylation is 1. The topological polar surface area (TPSA) is 44.5 Å². The summed E-state index contributed by atoms with van der Waals surface area (Å²) >= 11 is 4.63. The van der Waals surface area contributed by atoms with E-state index in [2.05, 4.69) is 36.7 Å². The van der Waals surface area contributed by atoms with E-state index in [9.17, 15) is 0 Å². The summed E-state index contributed by atoms with van der Waals surface area (Å²) < 4.78 is 17.7. The third-order valence-electron chi connectivity index (χ3n) is 5.10. The summed E-state index contributed by atoms with van der Waals surface area (Å²) in [5, 5.41) is 0.337. The third-order valence-corrected chi connectivity index (χ3v) is 5.67. The highest BCUT2D eigenvalue weighted by Crippen LogP contribution is 2.28. The molecule has 0 spiro atoms. The van der Waals surface area contributed by atoms with E-state index in [1.165, 1.54) is 0 Å². The molecule has 2 unspecified atom stereocenters. The zero-order valence-corrected chi connectivity index (χ0v) is 18.9. The van der Waals surface area contributed by atoms with Crippen molar-refractivity contribution in [2.75, 3.05) is 13.2 Å². The van der Waals surface area contributed by atoms with Gasteiger partial charge in [0, 0.05) is 23.8 Å². The Labute approximate surface area is 185 Å². The van der Waals surface area contributed by atoms with E-state index in [-0.39, 0.29) is 6.10 Å². The molecule has 0 fully saturated rings. The Kier molecular flexibility index (Phi) is 8.40. The molecular formula is C25H31NO3S. The summed E-state index contributed by atoms with van der Waals surface area (Å²) in [4.78, 5) is 4.63. The molecule has 1 aromatic heterocycles. The average Bonchev–Trinajstić information content (AvgIpc) is 3.15. The van der Waals surface area contributed by atoms with Crippen LogP contribution in [0.1, 0.15) is 49.8 Å². The largest absolute Gasteiger partial charge is 0.493 e. The molecule has 2 atom stereocenters. The molecule has 0 bridgehead atoms. The van der Waals surface area contributed by atoms with Gasteiger partial charge in [0.2, 0.25) is 5.89 Å². The minimum absolute atomic E-state index is 0.0701. The van der Waals surface area contributed by atoms with Gasteiger partial charge in [-0.15, -0.1) is 0 Å². The second-order valence-electron chi connectivity index (χ2n) is 7.30. The van der Waals surface area contributed by atoms with Crippen LogP contribution in [0, 0.1) is 6.92 Å². The number of oxazole rings is 1. The molecule has 0 saturated heterocycles. The molecule has 160 valence electrons. The van der Waals surface area contributed by atoms with Crippen molar-refractivity contribution in [3.05, 3.63) is 71.6 Å². The number of thiol groups is 1. The van der Waals surface area contributed by atoms with E-state index in [1.54, 1.807) is 0 Å². The number of hydrogen-bond donors (Lipinski definition) is 1. The first-order chi connectivity index (χ1) is 14.6. The molecule has 4 nitrogen and oxygen atoms in total. The van der Waals surface area contributed by atoms with Gasteiger partial charge >= 0.3 is 0 Å². The summed E-state index contributed by atoms with van der Waals surface area (Å²) in [7, 11) is 0. The van der Waals surface area contributed by atoms with E-state index in [1.807, 2.05) is 56.3 Å². The molecule has 0 amide bonds. The second kappa shape index (κ2) is 11.2. The van der Waals surface area contributed by atoms with E-state index in [4.69, 9.17) is 13.9 Å². The highest BCUT2D eigenvalue weighted by Gasteiger charge is 2.16. The molecule has 0 N–H and O–H groups in total. The summed E-state index contributed by atoms with van der Waals surface area (Å²) in [6.07, 6.45) is 2.70. The van der Waals surface area contributed by atoms with Crippen molar-refractivity contribution in [2.24, 2.45) is 0 Å². The Morgan fingerprint density at radius 2 is 1.77 bits per heavy atom. The minimum atomic E-state index is 0.0701. The van der Waals surface area contributed by atoms with Crippen LogP contribution in [0.4, 0.5) is 0 Å². The molecule has 1 heterocycles. The summed E-state index contributed by atoms with van der Waals surface area (Å²) in [5.41, 5.74) is 3.08. The van der Waals surface area contributed by atoms with E-state index < -0.39 is 0 Å². The Bertz CT molecular complexity index is 893. The fourth-order valence-corrected chi connectivity index (χ4v) is 3.52. The monoisotopic (exact) mass is 425 g/mol. The number of nitrogens with zero attached hydrogens (tertiary/aromatic N) is 1. The van der Waals surface area contributed by atoms with Gasteiger partial charge in [-0.2, -0.15) is 12.6 Å². The molecule has 0 saturated carbocycles. The zero-order chi connectivity index (χ0) is 21.3. The predicted octanol–water partition coefficient (Wildman–Crippen LogP) is 6.45. The van der Waals surface area contributed by atoms with Gasteiger partial charge < -0.3 is 13.9 Å². The first-order valence-corrected chi connectivity index (χ1v) is 11.2. The summed E-state index contributed by atoms with van der Waals surface area (Å²) in [6.45, 7) is 7.36. The van der Waals surface area contributed by atoms with Gasteiger partial charge in [-0.1, -0.05) is 37.3 Å². The van der Waals surface area contributed by atoms with Gasteiger partial charge in [0.15, 0.2) is 0 Å². The first kappa shape index (κ1) is 22.4. The fourth-order valence-electron chi connectivity index (χ4n) is 3.32. The molecule has 3 aromatic rings. The van der Waals surface area contributed by atoms with E-state index in [0.717, 1.165) is 41.2 Å². The number of aromatic nitrogens is 1. The Morgan fingerprint density at radius 1 is 1.03 bits per heavy atom. The lowest BCUT2D eigenvalue weighted by Gasteiger charge is -2.20. The van der Waals surface area contributed by atoms with Crippen LogP contribution in [-0.4, -0.2) is 23.4 Å². The predicted molar refractivity (Wildman–Crippen MR) is 124 cm³/mol. The maximum atomic E-state index is 5.94. The van der Waals surface area contributed by atoms with Gasteiger partial charge in [0.1, 0.15) is 11.5 Å². The van der Waals surface area contributed by atoms with Crippen molar-refractivity contribution < 1.29 is 13.9 Å². The second-order valence-corrected chi connectivity index (χ2v) is 8.03. The molecule has 0 aliphatic carbocycles. The summed E-state index contributed by atoms with van der Waals surface area (Å²) in [6, 6.07) is 18.1. The first-order valence-electron chi connectivity index (χ1n) is 10.6. The SMILES string of the molecule is CCOC(CC(S)CC)c1ccc(OCCc2nc(-c3ccccc3)oc2C)cc1. The number of rotatable bonds is 11. The standard InChI is InChI=1S/C25H31NO3S/c1-4-22(30)17-24(27-5-2)19-11-13-21(14-12-19)28-16-15-23-18(3)29-25(26-23)20-9-7-6-8-10-20/h6-14,22,24,30H,4-5,15-17H2,1-3H3. The molecule has 0 aliphatic heterocycles.